The number of piperidine rings is 1. The van der Waals surface area contributed by atoms with Crippen LogP contribution in [0, 0.1) is 20.8 Å². The molecule has 164 valence electrons. The van der Waals surface area contributed by atoms with Crippen LogP contribution in [0.4, 0.5) is 5.69 Å². The van der Waals surface area contributed by atoms with Crippen molar-refractivity contribution in [2.75, 3.05) is 18.4 Å². The van der Waals surface area contributed by atoms with Gasteiger partial charge in [0, 0.05) is 24.7 Å². The maximum Gasteiger partial charge on any atom is 0.286 e. The standard InChI is InChI=1S/C20H23N5O4S2/c1-12-6-8-16(9-7-12)21-18(26)20-23-22-19(30-20)15-5-4-10-25(11-15)31(27,28)17-13(2)24-29-14(17)3/h6-9,15H,4-5,10-11H2,1-3H3,(H,21,26)/t15-/m1/s1. The second-order valence-electron chi connectivity index (χ2n) is 7.62. The van der Waals surface area contributed by atoms with Gasteiger partial charge < -0.3 is 9.84 Å². The minimum Gasteiger partial charge on any atom is -0.360 e. The molecule has 0 saturated carbocycles. The van der Waals surface area contributed by atoms with Crippen LogP contribution in [0.1, 0.15) is 50.6 Å². The number of anilines is 1. The molecule has 0 aliphatic carbocycles. The maximum absolute atomic E-state index is 13.1. The first-order chi connectivity index (χ1) is 14.8. The van der Waals surface area contributed by atoms with Crippen LogP contribution in [-0.2, 0) is 10.0 Å². The Kier molecular flexibility index (Phi) is 5.91. The Morgan fingerprint density at radius 1 is 1.19 bits per heavy atom. The molecule has 1 N–H and O–H groups in total. The minimum atomic E-state index is -3.72. The summed E-state index contributed by atoms with van der Waals surface area (Å²) in [6.45, 7) is 5.89. The third-order valence-corrected chi connectivity index (χ3v) is 8.44. The molecule has 0 unspecified atom stereocenters. The number of carbonyl (C=O) groups is 1. The summed E-state index contributed by atoms with van der Waals surface area (Å²) in [6.07, 6.45) is 1.47. The molecule has 1 aliphatic heterocycles. The van der Waals surface area contributed by atoms with Gasteiger partial charge in [0.25, 0.3) is 5.91 Å². The summed E-state index contributed by atoms with van der Waals surface area (Å²) >= 11 is 1.20. The molecule has 0 spiro atoms. The number of nitrogens with zero attached hydrogens (tertiary/aromatic N) is 4. The van der Waals surface area contributed by atoms with Crippen molar-refractivity contribution in [1.29, 1.82) is 0 Å². The molecular formula is C20H23N5O4S2. The maximum atomic E-state index is 13.1. The molecule has 0 bridgehead atoms. The third-order valence-electron chi connectivity index (χ3n) is 5.24. The van der Waals surface area contributed by atoms with Crippen LogP contribution in [0.15, 0.2) is 33.7 Å². The average molecular weight is 462 g/mol. The quantitative estimate of drug-likeness (QED) is 0.619. The SMILES string of the molecule is Cc1ccc(NC(=O)c2nnc([C@@H]3CCCN(S(=O)(=O)c4c(C)noc4C)C3)s2)cc1. The van der Waals surface area contributed by atoms with Crippen LogP contribution in [0.2, 0.25) is 0 Å². The monoisotopic (exact) mass is 461 g/mol. The molecule has 2 aromatic heterocycles. The molecule has 1 atom stereocenters. The van der Waals surface area contributed by atoms with Crippen molar-refractivity contribution in [3.05, 3.63) is 51.3 Å². The van der Waals surface area contributed by atoms with Crippen molar-refractivity contribution >= 4 is 33.0 Å². The molecule has 1 amide bonds. The van der Waals surface area contributed by atoms with Gasteiger partial charge in [-0.25, -0.2) is 8.42 Å². The Bertz CT molecular complexity index is 1180. The van der Waals surface area contributed by atoms with Gasteiger partial charge in [0.05, 0.1) is 0 Å². The summed E-state index contributed by atoms with van der Waals surface area (Å²) in [7, 11) is -3.72. The van der Waals surface area contributed by atoms with Crippen molar-refractivity contribution in [2.45, 2.75) is 44.4 Å². The fourth-order valence-corrected chi connectivity index (χ4v) is 6.33. The normalized spacial score (nSPS) is 17.6. The Morgan fingerprint density at radius 2 is 1.94 bits per heavy atom. The molecule has 1 fully saturated rings. The number of aromatic nitrogens is 3. The first-order valence-corrected chi connectivity index (χ1v) is 12.2. The van der Waals surface area contributed by atoms with E-state index in [0.29, 0.717) is 29.4 Å². The minimum absolute atomic E-state index is 0.123. The van der Waals surface area contributed by atoms with E-state index in [0.717, 1.165) is 12.0 Å². The van der Waals surface area contributed by atoms with E-state index in [1.165, 1.54) is 15.6 Å². The smallest absolute Gasteiger partial charge is 0.286 e. The van der Waals surface area contributed by atoms with E-state index in [9.17, 15) is 13.2 Å². The van der Waals surface area contributed by atoms with E-state index in [1.54, 1.807) is 13.8 Å². The summed E-state index contributed by atoms with van der Waals surface area (Å²) in [5.74, 6) is -0.170. The lowest BCUT2D eigenvalue weighted by molar-refractivity contribution is 0.102. The predicted molar refractivity (Wildman–Crippen MR) is 116 cm³/mol. The summed E-state index contributed by atoms with van der Waals surface area (Å²) in [5, 5.41) is 15.7. The van der Waals surface area contributed by atoms with Crippen LogP contribution in [-0.4, -0.2) is 47.1 Å². The summed E-state index contributed by atoms with van der Waals surface area (Å²) in [6, 6.07) is 7.48. The zero-order valence-electron chi connectivity index (χ0n) is 17.5. The van der Waals surface area contributed by atoms with Gasteiger partial charge in [-0.3, -0.25) is 4.79 Å². The molecule has 3 heterocycles. The fourth-order valence-electron chi connectivity index (χ4n) is 3.65. The number of hydrogen-bond donors (Lipinski definition) is 1. The first kappa shape index (κ1) is 21.6. The van der Waals surface area contributed by atoms with Gasteiger partial charge in [0.15, 0.2) is 5.76 Å². The Hall–Kier alpha value is -2.63. The number of rotatable bonds is 5. The molecule has 0 radical (unpaired) electrons. The zero-order valence-corrected chi connectivity index (χ0v) is 19.1. The van der Waals surface area contributed by atoms with Gasteiger partial charge >= 0.3 is 0 Å². The summed E-state index contributed by atoms with van der Waals surface area (Å²) < 4.78 is 32.8. The lowest BCUT2D eigenvalue weighted by Crippen LogP contribution is -2.39. The van der Waals surface area contributed by atoms with Crippen molar-refractivity contribution in [3.8, 4) is 0 Å². The van der Waals surface area contributed by atoms with E-state index in [1.807, 2.05) is 31.2 Å². The van der Waals surface area contributed by atoms with E-state index < -0.39 is 10.0 Å². The fraction of sp³-hybridized carbons (Fsp3) is 0.400. The van der Waals surface area contributed by atoms with Crippen LogP contribution in [0.25, 0.3) is 0 Å². The number of hydrogen-bond acceptors (Lipinski definition) is 8. The Balaban J connectivity index is 1.49. The molecule has 3 aromatic rings. The van der Waals surface area contributed by atoms with Gasteiger partial charge in [-0.05, 0) is 45.7 Å². The van der Waals surface area contributed by atoms with E-state index in [2.05, 4.69) is 20.7 Å². The number of carbonyl (C=O) groups excluding carboxylic acids is 1. The average Bonchev–Trinajstić information content (AvgIpc) is 3.37. The molecule has 31 heavy (non-hydrogen) atoms. The third kappa shape index (κ3) is 4.39. The molecule has 11 heteroatoms. The molecule has 4 rings (SSSR count). The number of benzene rings is 1. The number of nitrogens with one attached hydrogen (secondary N) is 1. The van der Waals surface area contributed by atoms with Gasteiger partial charge in [-0.15, -0.1) is 10.2 Å². The highest BCUT2D eigenvalue weighted by molar-refractivity contribution is 7.89. The highest BCUT2D eigenvalue weighted by Crippen LogP contribution is 2.33. The van der Waals surface area contributed by atoms with Crippen molar-refractivity contribution in [3.63, 3.8) is 0 Å². The number of sulfonamides is 1. The molecular weight excluding hydrogens is 438 g/mol. The van der Waals surface area contributed by atoms with E-state index in [4.69, 9.17) is 4.52 Å². The Labute approximate surface area is 184 Å². The molecule has 9 nitrogen and oxygen atoms in total. The number of aryl methyl sites for hydroxylation is 3. The van der Waals surface area contributed by atoms with Crippen LogP contribution >= 0.6 is 11.3 Å². The van der Waals surface area contributed by atoms with Crippen molar-refractivity contribution in [2.24, 2.45) is 0 Å². The van der Waals surface area contributed by atoms with Crippen molar-refractivity contribution < 1.29 is 17.7 Å². The zero-order chi connectivity index (χ0) is 22.2. The van der Waals surface area contributed by atoms with Gasteiger partial charge in [-0.2, -0.15) is 4.31 Å². The lowest BCUT2D eigenvalue weighted by Gasteiger charge is -2.30. The van der Waals surface area contributed by atoms with Gasteiger partial charge in [-0.1, -0.05) is 34.2 Å². The Morgan fingerprint density at radius 3 is 2.61 bits per heavy atom. The second kappa shape index (κ2) is 8.48. The second-order valence-corrected chi connectivity index (χ2v) is 10.5. The summed E-state index contributed by atoms with van der Waals surface area (Å²) in [4.78, 5) is 12.7. The van der Waals surface area contributed by atoms with Gasteiger partial charge in [0.2, 0.25) is 15.0 Å². The van der Waals surface area contributed by atoms with Crippen LogP contribution < -0.4 is 5.32 Å². The molecule has 1 aromatic carbocycles. The van der Waals surface area contributed by atoms with Crippen LogP contribution in [0.5, 0.6) is 0 Å². The van der Waals surface area contributed by atoms with Crippen LogP contribution in [0.3, 0.4) is 0 Å². The van der Waals surface area contributed by atoms with Gasteiger partial charge in [0.1, 0.15) is 15.6 Å². The van der Waals surface area contributed by atoms with E-state index in [-0.39, 0.29) is 34.0 Å². The lowest BCUT2D eigenvalue weighted by atomic mass is 10.0. The highest BCUT2D eigenvalue weighted by Gasteiger charge is 2.36. The largest absolute Gasteiger partial charge is 0.360 e. The summed E-state index contributed by atoms with van der Waals surface area (Å²) in [5.41, 5.74) is 2.14. The molecule has 1 aliphatic rings. The highest BCUT2D eigenvalue weighted by atomic mass is 32.2. The predicted octanol–water partition coefficient (Wildman–Crippen LogP) is 3.27. The first-order valence-electron chi connectivity index (χ1n) is 9.90. The topological polar surface area (TPSA) is 118 Å². The van der Waals surface area contributed by atoms with E-state index >= 15 is 0 Å². The molecule has 1 saturated heterocycles. The number of amides is 1. The van der Waals surface area contributed by atoms with Crippen molar-refractivity contribution in [1.82, 2.24) is 19.7 Å².